The Morgan fingerprint density at radius 1 is 1.45 bits per heavy atom. The Kier molecular flexibility index (Phi) is 5.56. The summed E-state index contributed by atoms with van der Waals surface area (Å²) in [7, 11) is 0. The quantitative estimate of drug-likeness (QED) is 0.436. The molecule has 0 aliphatic heterocycles. The molecule has 0 fully saturated rings. The van der Waals surface area contributed by atoms with Gasteiger partial charge in [-0.15, -0.1) is 12.3 Å². The number of terminal acetylenes is 1. The SMILES string of the molecule is C#CCCCCC(=O)C(C)C. The summed E-state index contributed by atoms with van der Waals surface area (Å²) in [6.07, 6.45) is 8.49. The molecule has 0 aromatic heterocycles. The molecule has 0 amide bonds. The summed E-state index contributed by atoms with van der Waals surface area (Å²) in [6.45, 7) is 3.87. The Morgan fingerprint density at radius 2 is 2.09 bits per heavy atom. The molecule has 0 unspecified atom stereocenters. The van der Waals surface area contributed by atoms with E-state index in [-0.39, 0.29) is 5.92 Å². The van der Waals surface area contributed by atoms with Gasteiger partial charge < -0.3 is 0 Å². The van der Waals surface area contributed by atoms with Gasteiger partial charge in [0.15, 0.2) is 0 Å². The van der Waals surface area contributed by atoms with Gasteiger partial charge in [0.1, 0.15) is 5.78 Å². The van der Waals surface area contributed by atoms with E-state index in [1.165, 1.54) is 0 Å². The van der Waals surface area contributed by atoms with Crippen LogP contribution >= 0.6 is 0 Å². The van der Waals surface area contributed by atoms with Crippen molar-refractivity contribution in [3.63, 3.8) is 0 Å². The highest BCUT2D eigenvalue weighted by atomic mass is 16.1. The number of hydrogen-bond donors (Lipinski definition) is 0. The van der Waals surface area contributed by atoms with E-state index in [1.807, 2.05) is 13.8 Å². The van der Waals surface area contributed by atoms with Crippen LogP contribution in [0.4, 0.5) is 0 Å². The van der Waals surface area contributed by atoms with E-state index < -0.39 is 0 Å². The van der Waals surface area contributed by atoms with Crippen molar-refractivity contribution in [3.05, 3.63) is 0 Å². The Hall–Kier alpha value is -0.770. The maximum absolute atomic E-state index is 11.1. The fraction of sp³-hybridized carbons (Fsp3) is 0.700. The van der Waals surface area contributed by atoms with Gasteiger partial charge in [0.25, 0.3) is 0 Å². The van der Waals surface area contributed by atoms with Crippen molar-refractivity contribution in [2.75, 3.05) is 0 Å². The first-order valence-electron chi connectivity index (χ1n) is 4.14. The fourth-order valence-electron chi connectivity index (χ4n) is 0.815. The number of rotatable bonds is 5. The van der Waals surface area contributed by atoms with Crippen molar-refractivity contribution in [2.24, 2.45) is 5.92 Å². The first kappa shape index (κ1) is 10.2. The minimum atomic E-state index is 0.181. The molecular weight excluding hydrogens is 136 g/mol. The minimum absolute atomic E-state index is 0.181. The Balaban J connectivity index is 3.26. The lowest BCUT2D eigenvalue weighted by Gasteiger charge is -2.01. The van der Waals surface area contributed by atoms with Crippen molar-refractivity contribution in [1.82, 2.24) is 0 Å². The Bertz CT molecular complexity index is 151. The van der Waals surface area contributed by atoms with E-state index in [9.17, 15) is 4.79 Å². The van der Waals surface area contributed by atoms with Gasteiger partial charge >= 0.3 is 0 Å². The van der Waals surface area contributed by atoms with Crippen LogP contribution in [0.1, 0.15) is 39.5 Å². The third-order valence-electron chi connectivity index (χ3n) is 1.64. The highest BCUT2D eigenvalue weighted by Gasteiger charge is 2.05. The van der Waals surface area contributed by atoms with Crippen LogP contribution < -0.4 is 0 Å². The maximum Gasteiger partial charge on any atom is 0.135 e. The molecule has 0 bridgehead atoms. The molecule has 0 heterocycles. The number of unbranched alkanes of at least 4 members (excludes halogenated alkanes) is 2. The molecule has 0 saturated carbocycles. The van der Waals surface area contributed by atoms with Gasteiger partial charge in [-0.1, -0.05) is 13.8 Å². The number of Topliss-reactive ketones (excluding diaryl/α,β-unsaturated/α-hetero) is 1. The Morgan fingerprint density at radius 3 is 2.55 bits per heavy atom. The second kappa shape index (κ2) is 5.97. The molecule has 1 nitrogen and oxygen atoms in total. The lowest BCUT2D eigenvalue weighted by molar-refractivity contribution is -0.122. The van der Waals surface area contributed by atoms with E-state index in [0.29, 0.717) is 12.2 Å². The molecule has 0 N–H and O–H groups in total. The van der Waals surface area contributed by atoms with Gasteiger partial charge in [-0.2, -0.15) is 0 Å². The molecule has 0 radical (unpaired) electrons. The molecule has 0 aromatic carbocycles. The minimum Gasteiger partial charge on any atom is -0.299 e. The zero-order valence-corrected chi connectivity index (χ0v) is 7.39. The van der Waals surface area contributed by atoms with Gasteiger partial charge in [-0.25, -0.2) is 0 Å². The second-order valence-electron chi connectivity index (χ2n) is 3.03. The van der Waals surface area contributed by atoms with Crippen LogP contribution in [-0.4, -0.2) is 5.78 Å². The molecular formula is C10H16O. The first-order chi connectivity index (χ1) is 5.18. The first-order valence-corrected chi connectivity index (χ1v) is 4.14. The molecule has 0 rings (SSSR count). The predicted octanol–water partition coefficient (Wildman–Crippen LogP) is 2.41. The standard InChI is InChI=1S/C10H16O/c1-4-5-6-7-8-10(11)9(2)3/h1,9H,5-8H2,2-3H3. The topological polar surface area (TPSA) is 17.1 Å². The molecule has 1 heteroatoms. The molecule has 0 aromatic rings. The van der Waals surface area contributed by atoms with Crippen LogP contribution in [0.3, 0.4) is 0 Å². The zero-order valence-electron chi connectivity index (χ0n) is 7.39. The molecule has 0 atom stereocenters. The molecule has 0 aliphatic rings. The van der Waals surface area contributed by atoms with Crippen LogP contribution in [0.25, 0.3) is 0 Å². The highest BCUT2D eigenvalue weighted by molar-refractivity contribution is 5.80. The monoisotopic (exact) mass is 152 g/mol. The highest BCUT2D eigenvalue weighted by Crippen LogP contribution is 2.05. The van der Waals surface area contributed by atoms with Gasteiger partial charge in [0.05, 0.1) is 0 Å². The summed E-state index contributed by atoms with van der Waals surface area (Å²) in [5.41, 5.74) is 0. The van der Waals surface area contributed by atoms with Crippen LogP contribution in [0, 0.1) is 18.3 Å². The number of carbonyl (C=O) groups excluding carboxylic acids is 1. The lowest BCUT2D eigenvalue weighted by atomic mass is 10.0. The van der Waals surface area contributed by atoms with Crippen LogP contribution in [-0.2, 0) is 4.79 Å². The summed E-state index contributed by atoms with van der Waals surface area (Å²) >= 11 is 0. The molecule has 0 aliphatic carbocycles. The maximum atomic E-state index is 11.1. The molecule has 62 valence electrons. The number of carbonyl (C=O) groups is 1. The molecule has 11 heavy (non-hydrogen) atoms. The fourth-order valence-corrected chi connectivity index (χ4v) is 0.815. The van der Waals surface area contributed by atoms with Crippen molar-refractivity contribution in [2.45, 2.75) is 39.5 Å². The average Bonchev–Trinajstić information content (AvgIpc) is 1.97. The van der Waals surface area contributed by atoms with Crippen molar-refractivity contribution >= 4 is 5.78 Å². The van der Waals surface area contributed by atoms with Gasteiger partial charge in [0.2, 0.25) is 0 Å². The van der Waals surface area contributed by atoms with E-state index in [0.717, 1.165) is 19.3 Å². The van der Waals surface area contributed by atoms with Crippen LogP contribution in [0.2, 0.25) is 0 Å². The summed E-state index contributed by atoms with van der Waals surface area (Å²) in [4.78, 5) is 11.1. The van der Waals surface area contributed by atoms with Crippen LogP contribution in [0.5, 0.6) is 0 Å². The molecule has 0 saturated heterocycles. The van der Waals surface area contributed by atoms with E-state index in [1.54, 1.807) is 0 Å². The van der Waals surface area contributed by atoms with E-state index in [4.69, 9.17) is 6.42 Å². The third-order valence-corrected chi connectivity index (χ3v) is 1.64. The predicted molar refractivity (Wildman–Crippen MR) is 47.1 cm³/mol. The normalized spacial score (nSPS) is 9.64. The van der Waals surface area contributed by atoms with Crippen molar-refractivity contribution < 1.29 is 4.79 Å². The van der Waals surface area contributed by atoms with Crippen molar-refractivity contribution in [3.8, 4) is 12.3 Å². The summed E-state index contributed by atoms with van der Waals surface area (Å²) in [6, 6.07) is 0. The van der Waals surface area contributed by atoms with Crippen LogP contribution in [0.15, 0.2) is 0 Å². The van der Waals surface area contributed by atoms with E-state index >= 15 is 0 Å². The number of ketones is 1. The van der Waals surface area contributed by atoms with Gasteiger partial charge in [-0.3, -0.25) is 4.79 Å². The third kappa shape index (κ3) is 5.66. The lowest BCUT2D eigenvalue weighted by Crippen LogP contribution is -2.05. The Labute approximate surface area is 69.2 Å². The molecule has 0 spiro atoms. The number of hydrogen-bond acceptors (Lipinski definition) is 1. The van der Waals surface area contributed by atoms with E-state index in [2.05, 4.69) is 5.92 Å². The summed E-state index contributed by atoms with van der Waals surface area (Å²) in [5.74, 6) is 3.09. The van der Waals surface area contributed by atoms with Gasteiger partial charge in [0, 0.05) is 18.8 Å². The van der Waals surface area contributed by atoms with Gasteiger partial charge in [-0.05, 0) is 12.8 Å². The summed E-state index contributed by atoms with van der Waals surface area (Å²) < 4.78 is 0. The smallest absolute Gasteiger partial charge is 0.135 e. The second-order valence-corrected chi connectivity index (χ2v) is 3.03. The average molecular weight is 152 g/mol. The summed E-state index contributed by atoms with van der Waals surface area (Å²) in [5, 5.41) is 0. The zero-order chi connectivity index (χ0) is 8.69. The largest absolute Gasteiger partial charge is 0.299 e. The van der Waals surface area contributed by atoms with Crippen molar-refractivity contribution in [1.29, 1.82) is 0 Å².